The van der Waals surface area contributed by atoms with Gasteiger partial charge in [-0.25, -0.2) is 21.6 Å². The SMILES string of the molecule is C[C@@](O)(C(=O)Nc1ccc(S(=O)(=O)Nc2ccc(S(=O)(=O)NC[C@@H](O)CO)cc2)cc1Cl)C(F)(F)F. The largest absolute Gasteiger partial charge is 0.426 e. The van der Waals surface area contributed by atoms with E-state index in [0.29, 0.717) is 0 Å². The maximum atomic E-state index is 12.8. The summed E-state index contributed by atoms with van der Waals surface area (Å²) in [4.78, 5) is 11.1. The van der Waals surface area contributed by atoms with Crippen LogP contribution in [0.4, 0.5) is 24.5 Å². The first-order valence-electron chi connectivity index (χ1n) is 9.72. The third-order valence-electron chi connectivity index (χ3n) is 4.63. The Morgan fingerprint density at radius 1 is 1.03 bits per heavy atom. The summed E-state index contributed by atoms with van der Waals surface area (Å²) in [5.74, 6) is -1.83. The molecular weight excluding hydrogens is 555 g/mol. The van der Waals surface area contributed by atoms with Crippen LogP contribution < -0.4 is 14.8 Å². The van der Waals surface area contributed by atoms with Gasteiger partial charge in [0.15, 0.2) is 0 Å². The number of anilines is 2. The highest BCUT2D eigenvalue weighted by Gasteiger charge is 2.55. The molecule has 0 aromatic heterocycles. The molecule has 0 aliphatic rings. The predicted octanol–water partition coefficient (Wildman–Crippen LogP) is 1.02. The van der Waals surface area contributed by atoms with E-state index in [1.807, 2.05) is 0 Å². The van der Waals surface area contributed by atoms with E-state index in [9.17, 15) is 45.0 Å². The smallest absolute Gasteiger partial charge is 0.394 e. The van der Waals surface area contributed by atoms with Gasteiger partial charge in [-0.05, 0) is 49.4 Å². The normalized spacial score (nSPS) is 15.1. The van der Waals surface area contributed by atoms with Crippen molar-refractivity contribution in [3.05, 3.63) is 47.5 Å². The molecule has 2 atom stereocenters. The lowest BCUT2D eigenvalue weighted by atomic mass is 10.1. The zero-order valence-electron chi connectivity index (χ0n) is 18.2. The third-order valence-corrected chi connectivity index (χ3v) is 7.76. The van der Waals surface area contributed by atoms with Crippen molar-refractivity contribution in [3.8, 4) is 0 Å². The molecule has 0 aliphatic heterocycles. The Bertz CT molecular complexity index is 1320. The fraction of sp³-hybridized carbons (Fsp3) is 0.316. The number of sulfonamides is 2. The molecule has 11 nitrogen and oxygen atoms in total. The van der Waals surface area contributed by atoms with Gasteiger partial charge in [-0.15, -0.1) is 0 Å². The van der Waals surface area contributed by atoms with Crippen LogP contribution in [0.25, 0.3) is 0 Å². The summed E-state index contributed by atoms with van der Waals surface area (Å²) in [7, 11) is -8.37. The molecule has 0 spiro atoms. The van der Waals surface area contributed by atoms with Crippen molar-refractivity contribution < 1.29 is 50.1 Å². The summed E-state index contributed by atoms with van der Waals surface area (Å²) in [6.45, 7) is -0.864. The van der Waals surface area contributed by atoms with E-state index in [1.165, 1.54) is 0 Å². The number of carbonyl (C=O) groups excluding carboxylic acids is 1. The van der Waals surface area contributed by atoms with Crippen LogP contribution in [0.2, 0.25) is 5.02 Å². The zero-order valence-corrected chi connectivity index (χ0v) is 20.6. The molecule has 0 fully saturated rings. The lowest BCUT2D eigenvalue weighted by Crippen LogP contribution is -2.52. The van der Waals surface area contributed by atoms with Gasteiger partial charge in [0.25, 0.3) is 15.9 Å². The second-order valence-electron chi connectivity index (χ2n) is 7.48. The van der Waals surface area contributed by atoms with Crippen LogP contribution in [0.3, 0.4) is 0 Å². The van der Waals surface area contributed by atoms with Gasteiger partial charge in [0.2, 0.25) is 15.6 Å². The molecule has 17 heteroatoms. The number of aliphatic hydroxyl groups is 3. The summed E-state index contributed by atoms with van der Waals surface area (Å²) < 4.78 is 92.2. The molecule has 2 aromatic carbocycles. The predicted molar refractivity (Wildman–Crippen MR) is 122 cm³/mol. The second-order valence-corrected chi connectivity index (χ2v) is 11.3. The van der Waals surface area contributed by atoms with Crippen LogP contribution in [-0.2, 0) is 24.8 Å². The van der Waals surface area contributed by atoms with Gasteiger partial charge in [-0.2, -0.15) is 13.2 Å². The molecule has 0 radical (unpaired) electrons. The Morgan fingerprint density at radius 3 is 2.08 bits per heavy atom. The molecule has 0 unspecified atom stereocenters. The molecule has 0 bridgehead atoms. The fourth-order valence-electron chi connectivity index (χ4n) is 2.41. The van der Waals surface area contributed by atoms with Gasteiger partial charge in [0, 0.05) is 12.2 Å². The number of amides is 1. The lowest BCUT2D eigenvalue weighted by Gasteiger charge is -2.25. The Hall–Kier alpha value is -2.47. The number of hydrogen-bond acceptors (Lipinski definition) is 8. The average molecular weight is 576 g/mol. The summed E-state index contributed by atoms with van der Waals surface area (Å²) >= 11 is 5.90. The molecule has 2 aromatic rings. The maximum Gasteiger partial charge on any atom is 0.426 e. The van der Waals surface area contributed by atoms with E-state index in [-0.39, 0.29) is 17.5 Å². The second kappa shape index (κ2) is 10.9. The van der Waals surface area contributed by atoms with Crippen molar-refractivity contribution >= 4 is 48.9 Å². The minimum Gasteiger partial charge on any atom is -0.394 e. The van der Waals surface area contributed by atoms with Gasteiger partial charge in [-0.1, -0.05) is 11.6 Å². The molecule has 200 valence electrons. The Labute approximate surface area is 209 Å². The molecule has 1 amide bonds. The number of rotatable bonds is 10. The van der Waals surface area contributed by atoms with Crippen molar-refractivity contribution in [1.29, 1.82) is 0 Å². The molecule has 2 rings (SSSR count). The van der Waals surface area contributed by atoms with Crippen LogP contribution >= 0.6 is 11.6 Å². The van der Waals surface area contributed by atoms with Crippen LogP contribution in [0, 0.1) is 0 Å². The first kappa shape index (κ1) is 29.8. The van der Waals surface area contributed by atoms with Crippen LogP contribution in [0.1, 0.15) is 6.92 Å². The van der Waals surface area contributed by atoms with E-state index >= 15 is 0 Å². The van der Waals surface area contributed by atoms with Crippen molar-refractivity contribution in [2.24, 2.45) is 0 Å². The molecule has 0 saturated carbocycles. The summed E-state index contributed by atoms with van der Waals surface area (Å²) in [6, 6.07) is 7.10. The molecule has 36 heavy (non-hydrogen) atoms. The first-order valence-corrected chi connectivity index (χ1v) is 13.1. The minimum atomic E-state index is -5.28. The zero-order chi connectivity index (χ0) is 27.5. The summed E-state index contributed by atoms with van der Waals surface area (Å²) in [5.41, 5.74) is -4.17. The standard InChI is InChI=1S/C19H21ClF3N3O8S2/c1-18(30,19(21,22)23)17(29)25-16-7-6-14(8-15(16)20)36(33,34)26-11-2-4-13(5-3-11)35(31,32)24-9-12(28)10-27/h2-8,12,24,26-28,30H,9-10H2,1H3,(H,25,29)/t12-,18-/m1/s1. The number of benzene rings is 2. The van der Waals surface area contributed by atoms with Crippen LogP contribution in [0.15, 0.2) is 52.3 Å². The lowest BCUT2D eigenvalue weighted by molar-refractivity contribution is -0.242. The van der Waals surface area contributed by atoms with E-state index in [0.717, 1.165) is 42.5 Å². The van der Waals surface area contributed by atoms with E-state index in [1.54, 1.807) is 5.32 Å². The molecule has 0 aliphatic carbocycles. The monoisotopic (exact) mass is 575 g/mol. The van der Waals surface area contributed by atoms with Gasteiger partial charge >= 0.3 is 6.18 Å². The third kappa shape index (κ3) is 7.06. The van der Waals surface area contributed by atoms with Crippen LogP contribution in [0.5, 0.6) is 0 Å². The molecular formula is C19H21ClF3N3O8S2. The highest BCUT2D eigenvalue weighted by Crippen LogP contribution is 2.33. The summed E-state index contributed by atoms with van der Waals surface area (Å²) in [6.07, 6.45) is -6.59. The van der Waals surface area contributed by atoms with Gasteiger partial charge in [0.1, 0.15) is 0 Å². The Balaban J connectivity index is 2.17. The molecule has 6 N–H and O–H groups in total. The van der Waals surface area contributed by atoms with E-state index in [4.69, 9.17) is 16.7 Å². The Kier molecular flexibility index (Phi) is 8.99. The molecule has 0 heterocycles. The number of alkyl halides is 3. The number of aliphatic hydroxyl groups excluding tert-OH is 2. The number of carbonyl (C=O) groups is 1. The Morgan fingerprint density at radius 2 is 1.58 bits per heavy atom. The fourth-order valence-corrected chi connectivity index (χ4v) is 4.86. The number of nitrogens with one attached hydrogen (secondary N) is 3. The van der Waals surface area contributed by atoms with Crippen molar-refractivity contribution in [2.45, 2.75) is 34.6 Å². The van der Waals surface area contributed by atoms with Crippen molar-refractivity contribution in [2.75, 3.05) is 23.2 Å². The van der Waals surface area contributed by atoms with Gasteiger partial charge in [-0.3, -0.25) is 9.52 Å². The van der Waals surface area contributed by atoms with E-state index < -0.39 is 72.6 Å². The summed E-state index contributed by atoms with van der Waals surface area (Å²) in [5, 5.41) is 28.7. The number of hydrogen-bond donors (Lipinski definition) is 6. The van der Waals surface area contributed by atoms with Crippen molar-refractivity contribution in [3.63, 3.8) is 0 Å². The topological polar surface area (TPSA) is 182 Å². The van der Waals surface area contributed by atoms with Gasteiger partial charge in [0.05, 0.1) is 33.2 Å². The highest BCUT2D eigenvalue weighted by atomic mass is 35.5. The number of halogens is 4. The first-order chi connectivity index (χ1) is 16.4. The van der Waals surface area contributed by atoms with E-state index in [2.05, 4.69) is 9.44 Å². The van der Waals surface area contributed by atoms with Gasteiger partial charge < -0.3 is 20.6 Å². The van der Waals surface area contributed by atoms with Crippen molar-refractivity contribution in [1.82, 2.24) is 4.72 Å². The highest BCUT2D eigenvalue weighted by molar-refractivity contribution is 7.92. The minimum absolute atomic E-state index is 0.0564. The average Bonchev–Trinajstić information content (AvgIpc) is 2.78. The molecule has 0 saturated heterocycles. The quantitative estimate of drug-likeness (QED) is 0.243. The van der Waals surface area contributed by atoms with Crippen LogP contribution in [-0.4, -0.2) is 69.1 Å². The maximum absolute atomic E-state index is 12.8.